The van der Waals surface area contributed by atoms with Gasteiger partial charge >= 0.3 is 6.36 Å². The van der Waals surface area contributed by atoms with Crippen molar-refractivity contribution in [2.24, 2.45) is 5.84 Å². The second kappa shape index (κ2) is 5.24. The molecule has 0 spiro atoms. The van der Waals surface area contributed by atoms with Crippen LogP contribution in [0.2, 0.25) is 0 Å². The predicted molar refractivity (Wildman–Crippen MR) is 58.7 cm³/mol. The lowest BCUT2D eigenvalue weighted by Crippen LogP contribution is -2.29. The highest BCUT2D eigenvalue weighted by atomic mass is 19.4. The Balaban J connectivity index is 2.27. The topological polar surface area (TPSA) is 88.9 Å². The summed E-state index contributed by atoms with van der Waals surface area (Å²) in [6.07, 6.45) is -3.32. The Kier molecular flexibility index (Phi) is 3.67. The SMILES string of the molecule is NNC(c1cccc(OC(F)(F)F)c1)c1cn[nH]n1. The summed E-state index contributed by atoms with van der Waals surface area (Å²) < 4.78 is 40.3. The Labute approximate surface area is 105 Å². The lowest BCUT2D eigenvalue weighted by Gasteiger charge is -2.15. The average Bonchev–Trinajstić information content (AvgIpc) is 2.82. The van der Waals surface area contributed by atoms with Crippen LogP contribution >= 0.6 is 0 Å². The van der Waals surface area contributed by atoms with Crippen LogP contribution in [0.25, 0.3) is 0 Å². The van der Waals surface area contributed by atoms with E-state index in [2.05, 4.69) is 25.6 Å². The number of benzene rings is 1. The summed E-state index contributed by atoms with van der Waals surface area (Å²) in [4.78, 5) is 0. The van der Waals surface area contributed by atoms with Gasteiger partial charge in [0.2, 0.25) is 0 Å². The highest BCUT2D eigenvalue weighted by Gasteiger charge is 2.31. The number of hydrogen-bond donors (Lipinski definition) is 3. The van der Waals surface area contributed by atoms with E-state index in [1.165, 1.54) is 24.4 Å². The highest BCUT2D eigenvalue weighted by molar-refractivity contribution is 5.34. The van der Waals surface area contributed by atoms with E-state index in [1.54, 1.807) is 6.07 Å². The van der Waals surface area contributed by atoms with Crippen molar-refractivity contribution in [1.29, 1.82) is 0 Å². The van der Waals surface area contributed by atoms with E-state index in [1.807, 2.05) is 0 Å². The van der Waals surface area contributed by atoms with Crippen LogP contribution in [0, 0.1) is 0 Å². The van der Waals surface area contributed by atoms with Crippen LogP contribution in [0.4, 0.5) is 13.2 Å². The molecule has 0 aliphatic carbocycles. The number of hydrogen-bond acceptors (Lipinski definition) is 5. The van der Waals surface area contributed by atoms with E-state index in [4.69, 9.17) is 5.84 Å². The van der Waals surface area contributed by atoms with Gasteiger partial charge in [-0.3, -0.25) is 5.84 Å². The van der Waals surface area contributed by atoms with Crippen molar-refractivity contribution in [3.05, 3.63) is 41.7 Å². The number of hydrazine groups is 1. The summed E-state index contributed by atoms with van der Waals surface area (Å²) in [6, 6.07) is 4.87. The van der Waals surface area contributed by atoms with Crippen molar-refractivity contribution >= 4 is 0 Å². The zero-order chi connectivity index (χ0) is 13.9. The molecule has 0 saturated carbocycles. The molecule has 9 heteroatoms. The summed E-state index contributed by atoms with van der Waals surface area (Å²) in [5, 5.41) is 9.84. The Hall–Kier alpha value is -2.13. The van der Waals surface area contributed by atoms with E-state index >= 15 is 0 Å². The molecule has 6 nitrogen and oxygen atoms in total. The number of aromatic nitrogens is 3. The lowest BCUT2D eigenvalue weighted by molar-refractivity contribution is -0.274. The molecule has 1 unspecified atom stereocenters. The number of nitrogens with two attached hydrogens (primary N) is 1. The Morgan fingerprint density at radius 2 is 2.16 bits per heavy atom. The average molecular weight is 273 g/mol. The first kappa shape index (κ1) is 13.3. The van der Waals surface area contributed by atoms with Gasteiger partial charge in [0.05, 0.1) is 12.2 Å². The highest BCUT2D eigenvalue weighted by Crippen LogP contribution is 2.27. The predicted octanol–water partition coefficient (Wildman–Crippen LogP) is 1.26. The Bertz CT molecular complexity index is 528. The maximum absolute atomic E-state index is 12.1. The molecule has 0 bridgehead atoms. The van der Waals surface area contributed by atoms with Gasteiger partial charge in [0.1, 0.15) is 11.4 Å². The third kappa shape index (κ3) is 3.42. The molecule has 2 aromatic rings. The third-order valence-electron chi connectivity index (χ3n) is 2.32. The van der Waals surface area contributed by atoms with Crippen molar-refractivity contribution in [2.75, 3.05) is 0 Å². The second-order valence-corrected chi connectivity index (χ2v) is 3.61. The van der Waals surface area contributed by atoms with E-state index in [0.717, 1.165) is 0 Å². The van der Waals surface area contributed by atoms with E-state index in [9.17, 15) is 13.2 Å². The van der Waals surface area contributed by atoms with Gasteiger partial charge < -0.3 is 4.74 Å². The molecule has 2 rings (SSSR count). The fourth-order valence-electron chi connectivity index (χ4n) is 1.59. The van der Waals surface area contributed by atoms with E-state index in [-0.39, 0.29) is 5.75 Å². The van der Waals surface area contributed by atoms with Gasteiger partial charge in [-0.25, -0.2) is 5.43 Å². The zero-order valence-electron chi connectivity index (χ0n) is 9.48. The van der Waals surface area contributed by atoms with Crippen molar-refractivity contribution < 1.29 is 17.9 Å². The van der Waals surface area contributed by atoms with Crippen LogP contribution in [-0.2, 0) is 0 Å². The molecule has 0 aliphatic rings. The molecule has 1 atom stereocenters. The van der Waals surface area contributed by atoms with E-state index < -0.39 is 12.4 Å². The summed E-state index contributed by atoms with van der Waals surface area (Å²) in [7, 11) is 0. The number of alkyl halides is 3. The number of nitrogens with zero attached hydrogens (tertiary/aromatic N) is 2. The minimum Gasteiger partial charge on any atom is -0.406 e. The molecule has 19 heavy (non-hydrogen) atoms. The quantitative estimate of drug-likeness (QED) is 0.576. The standard InChI is InChI=1S/C10H10F3N5O/c11-10(12,13)19-7-3-1-2-6(4-7)9(16-14)8-5-15-18-17-8/h1-5,9,16H,14H2,(H,15,17,18). The lowest BCUT2D eigenvalue weighted by atomic mass is 10.0. The van der Waals surface area contributed by atoms with Gasteiger partial charge in [0, 0.05) is 0 Å². The van der Waals surface area contributed by atoms with Crippen LogP contribution in [0.3, 0.4) is 0 Å². The zero-order valence-corrected chi connectivity index (χ0v) is 9.48. The van der Waals surface area contributed by atoms with Crippen molar-refractivity contribution in [3.63, 3.8) is 0 Å². The molecule has 1 aromatic carbocycles. The van der Waals surface area contributed by atoms with E-state index in [0.29, 0.717) is 11.3 Å². The third-order valence-corrected chi connectivity index (χ3v) is 2.32. The number of rotatable bonds is 4. The minimum atomic E-state index is -4.74. The van der Waals surface area contributed by atoms with Gasteiger partial charge in [0.15, 0.2) is 0 Å². The maximum atomic E-state index is 12.1. The molecule has 0 radical (unpaired) electrons. The monoisotopic (exact) mass is 273 g/mol. The summed E-state index contributed by atoms with van der Waals surface area (Å²) >= 11 is 0. The fourth-order valence-corrected chi connectivity index (χ4v) is 1.59. The van der Waals surface area contributed by atoms with Crippen LogP contribution in [0.5, 0.6) is 5.75 Å². The first-order chi connectivity index (χ1) is 8.99. The molecule has 4 N–H and O–H groups in total. The van der Waals surface area contributed by atoms with Crippen LogP contribution < -0.4 is 16.0 Å². The molecular formula is C10H10F3N5O. The first-order valence-electron chi connectivity index (χ1n) is 5.17. The summed E-state index contributed by atoms with van der Waals surface area (Å²) in [5.41, 5.74) is 3.37. The summed E-state index contributed by atoms with van der Waals surface area (Å²) in [6.45, 7) is 0. The van der Waals surface area contributed by atoms with Crippen LogP contribution in [-0.4, -0.2) is 21.8 Å². The number of nitrogens with one attached hydrogen (secondary N) is 2. The fraction of sp³-hybridized carbons (Fsp3) is 0.200. The molecule has 1 heterocycles. The molecule has 102 valence electrons. The number of H-pyrrole nitrogens is 1. The van der Waals surface area contributed by atoms with Crippen molar-refractivity contribution in [3.8, 4) is 5.75 Å². The normalized spacial score (nSPS) is 13.3. The molecule has 0 saturated heterocycles. The van der Waals surface area contributed by atoms with Crippen molar-refractivity contribution in [2.45, 2.75) is 12.4 Å². The molecular weight excluding hydrogens is 263 g/mol. The number of halogens is 3. The Morgan fingerprint density at radius 1 is 1.37 bits per heavy atom. The molecule has 1 aromatic heterocycles. The second-order valence-electron chi connectivity index (χ2n) is 3.61. The molecule has 0 aliphatic heterocycles. The van der Waals surface area contributed by atoms with Gasteiger partial charge in [-0.15, -0.1) is 13.2 Å². The van der Waals surface area contributed by atoms with Crippen molar-refractivity contribution in [1.82, 2.24) is 20.8 Å². The molecule has 0 amide bonds. The van der Waals surface area contributed by atoms with Gasteiger partial charge in [0.25, 0.3) is 0 Å². The summed E-state index contributed by atoms with van der Waals surface area (Å²) in [5.74, 6) is 5.05. The molecule has 0 fully saturated rings. The first-order valence-corrected chi connectivity index (χ1v) is 5.17. The van der Waals surface area contributed by atoms with Gasteiger partial charge in [-0.05, 0) is 17.7 Å². The van der Waals surface area contributed by atoms with Gasteiger partial charge in [-0.2, -0.15) is 15.4 Å². The van der Waals surface area contributed by atoms with Crippen LogP contribution in [0.1, 0.15) is 17.3 Å². The van der Waals surface area contributed by atoms with Gasteiger partial charge in [-0.1, -0.05) is 12.1 Å². The number of aromatic amines is 1. The minimum absolute atomic E-state index is 0.325. The smallest absolute Gasteiger partial charge is 0.406 e. The maximum Gasteiger partial charge on any atom is 0.573 e. The Morgan fingerprint density at radius 3 is 2.74 bits per heavy atom. The largest absolute Gasteiger partial charge is 0.573 e. The number of ether oxygens (including phenoxy) is 1. The van der Waals surface area contributed by atoms with Crippen LogP contribution in [0.15, 0.2) is 30.5 Å².